The van der Waals surface area contributed by atoms with E-state index < -0.39 is 5.60 Å². The highest BCUT2D eigenvalue weighted by molar-refractivity contribution is 5.95. The summed E-state index contributed by atoms with van der Waals surface area (Å²) >= 11 is 0. The molecule has 7 nitrogen and oxygen atoms in total. The Morgan fingerprint density at radius 1 is 1.35 bits per heavy atom. The summed E-state index contributed by atoms with van der Waals surface area (Å²) in [4.78, 5) is 28.0. The summed E-state index contributed by atoms with van der Waals surface area (Å²) in [5.41, 5.74) is 0.724. The van der Waals surface area contributed by atoms with Crippen molar-refractivity contribution >= 4 is 17.5 Å². The van der Waals surface area contributed by atoms with E-state index >= 15 is 0 Å². The molecule has 2 aliphatic heterocycles. The second kappa shape index (κ2) is 7.63. The van der Waals surface area contributed by atoms with Crippen molar-refractivity contribution < 1.29 is 19.4 Å². The average molecular weight is 361 g/mol. The molecular weight excluding hydrogens is 334 g/mol. The number of nitrogens with one attached hydrogen (secondary N) is 1. The fourth-order valence-electron chi connectivity index (χ4n) is 3.70. The van der Waals surface area contributed by atoms with Crippen molar-refractivity contribution in [1.82, 2.24) is 9.80 Å². The summed E-state index contributed by atoms with van der Waals surface area (Å²) < 4.78 is 5.34. The Morgan fingerprint density at radius 3 is 2.92 bits per heavy atom. The van der Waals surface area contributed by atoms with Gasteiger partial charge in [0.2, 0.25) is 5.91 Å². The SMILES string of the molecule is CN(C)C[C@]1(O)CCCN(C(=O)Cc2ccc3c(c2)NC(=O)CO3)CC1. The summed E-state index contributed by atoms with van der Waals surface area (Å²) in [6.07, 6.45) is 2.36. The number of likely N-dealkylation sites (N-methyl/N-ethyl adjacent to an activating group) is 1. The number of amides is 2. The number of carbonyl (C=O) groups is 2. The van der Waals surface area contributed by atoms with Gasteiger partial charge in [-0.3, -0.25) is 9.59 Å². The lowest BCUT2D eigenvalue weighted by Crippen LogP contribution is -2.41. The van der Waals surface area contributed by atoms with E-state index in [9.17, 15) is 14.7 Å². The van der Waals surface area contributed by atoms with Crippen LogP contribution in [0.25, 0.3) is 0 Å². The average Bonchev–Trinajstić information content (AvgIpc) is 2.75. The van der Waals surface area contributed by atoms with E-state index in [1.807, 2.05) is 30.0 Å². The molecule has 142 valence electrons. The third-order valence-corrected chi connectivity index (χ3v) is 4.91. The molecule has 1 aromatic rings. The molecule has 0 saturated carbocycles. The van der Waals surface area contributed by atoms with Crippen molar-refractivity contribution in [1.29, 1.82) is 0 Å². The van der Waals surface area contributed by atoms with Crippen LogP contribution in [0.3, 0.4) is 0 Å². The van der Waals surface area contributed by atoms with Crippen molar-refractivity contribution in [2.45, 2.75) is 31.3 Å². The van der Waals surface area contributed by atoms with E-state index in [4.69, 9.17) is 4.74 Å². The molecule has 0 unspecified atom stereocenters. The minimum Gasteiger partial charge on any atom is -0.482 e. The first kappa shape index (κ1) is 18.7. The highest BCUT2D eigenvalue weighted by atomic mass is 16.5. The van der Waals surface area contributed by atoms with Crippen LogP contribution < -0.4 is 10.1 Å². The molecule has 7 heteroatoms. The van der Waals surface area contributed by atoms with Crippen LogP contribution in [0.5, 0.6) is 5.75 Å². The summed E-state index contributed by atoms with van der Waals surface area (Å²) in [6, 6.07) is 5.44. The van der Waals surface area contributed by atoms with E-state index in [0.29, 0.717) is 43.9 Å². The second-order valence-electron chi connectivity index (χ2n) is 7.54. The van der Waals surface area contributed by atoms with E-state index in [2.05, 4.69) is 5.32 Å². The number of carbonyl (C=O) groups excluding carboxylic acids is 2. The molecule has 1 fully saturated rings. The Labute approximate surface area is 153 Å². The lowest BCUT2D eigenvalue weighted by molar-refractivity contribution is -0.130. The van der Waals surface area contributed by atoms with Gasteiger partial charge in [-0.2, -0.15) is 0 Å². The van der Waals surface area contributed by atoms with Gasteiger partial charge in [-0.05, 0) is 51.1 Å². The molecule has 3 rings (SSSR count). The standard InChI is InChI=1S/C19H27N3O4/c1-21(2)13-19(25)6-3-8-22(9-7-19)18(24)11-14-4-5-16-15(10-14)20-17(23)12-26-16/h4-5,10,25H,3,6-9,11-13H2,1-2H3,(H,20,23)/t19-/m0/s1. The van der Waals surface area contributed by atoms with Crippen molar-refractivity contribution in [3.8, 4) is 5.75 Å². The Balaban J connectivity index is 1.61. The van der Waals surface area contributed by atoms with Crippen molar-refractivity contribution in [2.24, 2.45) is 0 Å². The van der Waals surface area contributed by atoms with Gasteiger partial charge in [0.25, 0.3) is 5.91 Å². The zero-order valence-electron chi connectivity index (χ0n) is 15.5. The summed E-state index contributed by atoms with van der Waals surface area (Å²) in [6.45, 7) is 1.86. The zero-order valence-corrected chi connectivity index (χ0v) is 15.5. The van der Waals surface area contributed by atoms with Gasteiger partial charge in [-0.15, -0.1) is 0 Å². The first-order chi connectivity index (χ1) is 12.3. The first-order valence-corrected chi connectivity index (χ1v) is 9.05. The minimum absolute atomic E-state index is 0.0227. The number of ether oxygens (including phenoxy) is 1. The molecule has 1 atom stereocenters. The number of hydrogen-bond acceptors (Lipinski definition) is 5. The number of benzene rings is 1. The monoisotopic (exact) mass is 361 g/mol. The van der Waals surface area contributed by atoms with Gasteiger partial charge in [-0.25, -0.2) is 0 Å². The maximum absolute atomic E-state index is 12.7. The van der Waals surface area contributed by atoms with Gasteiger partial charge in [-0.1, -0.05) is 6.07 Å². The molecule has 1 saturated heterocycles. The van der Waals surface area contributed by atoms with Crippen LogP contribution in [-0.2, 0) is 16.0 Å². The maximum Gasteiger partial charge on any atom is 0.262 e. The van der Waals surface area contributed by atoms with E-state index in [0.717, 1.165) is 12.0 Å². The van der Waals surface area contributed by atoms with Crippen molar-refractivity contribution in [3.63, 3.8) is 0 Å². The number of hydrogen-bond donors (Lipinski definition) is 2. The summed E-state index contributed by atoms with van der Waals surface area (Å²) in [7, 11) is 3.90. The predicted molar refractivity (Wildman–Crippen MR) is 98.2 cm³/mol. The number of rotatable bonds is 4. The van der Waals surface area contributed by atoms with E-state index in [1.54, 1.807) is 12.1 Å². The zero-order chi connectivity index (χ0) is 18.7. The van der Waals surface area contributed by atoms with E-state index in [-0.39, 0.29) is 24.8 Å². The van der Waals surface area contributed by atoms with Gasteiger partial charge in [0.05, 0.1) is 17.7 Å². The number of nitrogens with zero attached hydrogens (tertiary/aromatic N) is 2. The van der Waals surface area contributed by atoms with Gasteiger partial charge in [0, 0.05) is 19.6 Å². The Bertz CT molecular complexity index is 691. The maximum atomic E-state index is 12.7. The van der Waals surface area contributed by atoms with Gasteiger partial charge < -0.3 is 25.0 Å². The lowest BCUT2D eigenvalue weighted by Gasteiger charge is -2.30. The molecule has 2 N–H and O–H groups in total. The molecule has 0 radical (unpaired) electrons. The molecule has 0 aromatic heterocycles. The second-order valence-corrected chi connectivity index (χ2v) is 7.54. The van der Waals surface area contributed by atoms with Gasteiger partial charge in [0.15, 0.2) is 6.61 Å². The molecule has 0 bridgehead atoms. The van der Waals surface area contributed by atoms with Crippen LogP contribution in [0.15, 0.2) is 18.2 Å². The van der Waals surface area contributed by atoms with Crippen LogP contribution in [-0.4, -0.2) is 72.7 Å². The largest absolute Gasteiger partial charge is 0.482 e. The molecular formula is C19H27N3O4. The van der Waals surface area contributed by atoms with Crippen LogP contribution in [0.4, 0.5) is 5.69 Å². The van der Waals surface area contributed by atoms with Gasteiger partial charge >= 0.3 is 0 Å². The molecule has 2 amide bonds. The first-order valence-electron chi connectivity index (χ1n) is 9.05. The molecule has 1 aromatic carbocycles. The van der Waals surface area contributed by atoms with Crippen LogP contribution in [0, 0.1) is 0 Å². The molecule has 2 aliphatic rings. The predicted octanol–water partition coefficient (Wildman–Crippen LogP) is 0.865. The van der Waals surface area contributed by atoms with Crippen molar-refractivity contribution in [2.75, 3.05) is 45.7 Å². The summed E-state index contributed by atoms with van der Waals surface area (Å²) in [5.74, 6) is 0.486. The number of fused-ring (bicyclic) bond motifs is 1. The minimum atomic E-state index is -0.730. The molecule has 26 heavy (non-hydrogen) atoms. The van der Waals surface area contributed by atoms with Crippen LogP contribution >= 0.6 is 0 Å². The van der Waals surface area contributed by atoms with E-state index in [1.165, 1.54) is 0 Å². The van der Waals surface area contributed by atoms with Crippen molar-refractivity contribution in [3.05, 3.63) is 23.8 Å². The smallest absolute Gasteiger partial charge is 0.262 e. The highest BCUT2D eigenvalue weighted by Gasteiger charge is 2.32. The normalized spacial score (nSPS) is 23.1. The third-order valence-electron chi connectivity index (χ3n) is 4.91. The van der Waals surface area contributed by atoms with Crippen LogP contribution in [0.2, 0.25) is 0 Å². The Hall–Kier alpha value is -2.12. The topological polar surface area (TPSA) is 82.1 Å². The number of aliphatic hydroxyl groups is 1. The number of anilines is 1. The Kier molecular flexibility index (Phi) is 5.48. The fourth-order valence-corrected chi connectivity index (χ4v) is 3.70. The Morgan fingerprint density at radius 2 is 2.15 bits per heavy atom. The lowest BCUT2D eigenvalue weighted by atomic mass is 9.94. The molecule has 2 heterocycles. The highest BCUT2D eigenvalue weighted by Crippen LogP contribution is 2.29. The summed E-state index contributed by atoms with van der Waals surface area (Å²) in [5, 5.41) is 13.5. The third kappa shape index (κ3) is 4.53. The number of likely N-dealkylation sites (tertiary alicyclic amines) is 1. The fraction of sp³-hybridized carbons (Fsp3) is 0.579. The molecule has 0 aliphatic carbocycles. The quantitative estimate of drug-likeness (QED) is 0.831. The van der Waals surface area contributed by atoms with Gasteiger partial charge in [0.1, 0.15) is 5.75 Å². The van der Waals surface area contributed by atoms with Crippen LogP contribution in [0.1, 0.15) is 24.8 Å². The molecule has 0 spiro atoms.